The second-order valence-electron chi connectivity index (χ2n) is 6.72. The number of rotatable bonds is 6. The molecule has 0 radical (unpaired) electrons. The molecule has 0 saturated carbocycles. The van der Waals surface area contributed by atoms with Crippen LogP contribution in [0.2, 0.25) is 0 Å². The number of imide groups is 1. The summed E-state index contributed by atoms with van der Waals surface area (Å²) in [7, 11) is 0. The fourth-order valence-corrected chi connectivity index (χ4v) is 3.16. The van der Waals surface area contributed by atoms with E-state index in [-0.39, 0.29) is 22.4 Å². The Bertz CT molecular complexity index is 1120. The molecule has 0 bridgehead atoms. The smallest absolute Gasteiger partial charge is 0.325 e. The molecule has 1 aliphatic rings. The van der Waals surface area contributed by atoms with Crippen molar-refractivity contribution in [2.24, 2.45) is 5.73 Å². The number of hydrogen-bond acceptors (Lipinski definition) is 7. The van der Waals surface area contributed by atoms with E-state index >= 15 is 0 Å². The molecule has 0 spiro atoms. The number of benzene rings is 2. The van der Waals surface area contributed by atoms with Gasteiger partial charge in [-0.1, -0.05) is 12.1 Å². The van der Waals surface area contributed by atoms with Crippen LogP contribution in [0.5, 0.6) is 0 Å². The van der Waals surface area contributed by atoms with Crippen LogP contribution in [0.1, 0.15) is 28.4 Å². The molecule has 1 saturated heterocycles. The van der Waals surface area contributed by atoms with Crippen molar-refractivity contribution in [2.75, 3.05) is 0 Å². The second-order valence-corrected chi connectivity index (χ2v) is 6.72. The lowest BCUT2D eigenvalue weighted by molar-refractivity contribution is -0.385. The number of primary amides is 1. The number of nitro benzene ring substituents is 2. The Morgan fingerprint density at radius 2 is 1.83 bits per heavy atom. The topological polar surface area (TPSA) is 179 Å². The van der Waals surface area contributed by atoms with Crippen LogP contribution < -0.4 is 11.1 Å². The third kappa shape index (κ3) is 3.41. The third-order valence-electron chi connectivity index (χ3n) is 4.80. The van der Waals surface area contributed by atoms with Crippen molar-refractivity contribution in [3.8, 4) is 0 Å². The van der Waals surface area contributed by atoms with Crippen molar-refractivity contribution in [2.45, 2.75) is 19.0 Å². The minimum atomic E-state index is -1.59. The summed E-state index contributed by atoms with van der Waals surface area (Å²) in [5.74, 6) is -1.60. The molecule has 1 atom stereocenters. The van der Waals surface area contributed by atoms with Crippen LogP contribution in [-0.2, 0) is 16.9 Å². The maximum Gasteiger partial charge on any atom is 0.325 e. The van der Waals surface area contributed by atoms with Gasteiger partial charge in [-0.3, -0.25) is 34.7 Å². The molecule has 0 aliphatic carbocycles. The maximum absolute atomic E-state index is 13.0. The summed E-state index contributed by atoms with van der Waals surface area (Å²) in [4.78, 5) is 58.5. The number of amides is 4. The van der Waals surface area contributed by atoms with Crippen LogP contribution in [0.3, 0.4) is 0 Å². The van der Waals surface area contributed by atoms with Gasteiger partial charge in [-0.2, -0.15) is 0 Å². The molecule has 1 aliphatic heterocycles. The minimum Gasteiger partial charge on any atom is -0.366 e. The summed E-state index contributed by atoms with van der Waals surface area (Å²) < 4.78 is 0. The lowest BCUT2D eigenvalue weighted by Gasteiger charge is -2.22. The van der Waals surface area contributed by atoms with Crippen LogP contribution in [0, 0.1) is 20.2 Å². The predicted octanol–water partition coefficient (Wildman–Crippen LogP) is 1.57. The van der Waals surface area contributed by atoms with Gasteiger partial charge in [-0.15, -0.1) is 0 Å². The summed E-state index contributed by atoms with van der Waals surface area (Å²) in [6.45, 7) is 0.946. The van der Waals surface area contributed by atoms with Crippen molar-refractivity contribution in [1.29, 1.82) is 0 Å². The van der Waals surface area contributed by atoms with Gasteiger partial charge in [0.15, 0.2) is 0 Å². The number of nitrogens with zero attached hydrogens (tertiary/aromatic N) is 3. The van der Waals surface area contributed by atoms with E-state index in [0.29, 0.717) is 0 Å². The number of non-ortho nitro benzene ring substituents is 1. The Hall–Kier alpha value is -4.35. The SMILES string of the molecule is CC1(c2cccc([N+](=O)[O-])c2)NC(=O)N(Cc2ccc(C(N)=O)cc2[N+](=O)[O-])C1=O. The van der Waals surface area contributed by atoms with Gasteiger partial charge >= 0.3 is 6.03 Å². The van der Waals surface area contributed by atoms with Crippen molar-refractivity contribution >= 4 is 29.2 Å². The van der Waals surface area contributed by atoms with E-state index in [1.165, 1.54) is 43.3 Å². The molecule has 3 N–H and O–H groups in total. The lowest BCUT2D eigenvalue weighted by atomic mass is 9.91. The predicted molar refractivity (Wildman–Crippen MR) is 101 cm³/mol. The van der Waals surface area contributed by atoms with Gasteiger partial charge in [-0.25, -0.2) is 4.79 Å². The summed E-state index contributed by atoms with van der Waals surface area (Å²) in [5.41, 5.74) is 2.92. The van der Waals surface area contributed by atoms with E-state index < -0.39 is 45.5 Å². The quantitative estimate of drug-likeness (QED) is 0.409. The first-order valence-electron chi connectivity index (χ1n) is 8.50. The van der Waals surface area contributed by atoms with E-state index in [4.69, 9.17) is 5.73 Å². The van der Waals surface area contributed by atoms with Crippen LogP contribution in [0.15, 0.2) is 42.5 Å². The second kappa shape index (κ2) is 7.24. The molecule has 0 aromatic heterocycles. The van der Waals surface area contributed by atoms with Crippen molar-refractivity contribution in [1.82, 2.24) is 10.2 Å². The van der Waals surface area contributed by atoms with E-state index in [0.717, 1.165) is 11.0 Å². The average Bonchev–Trinajstić information content (AvgIpc) is 2.92. The number of urea groups is 1. The minimum absolute atomic E-state index is 0.0109. The summed E-state index contributed by atoms with van der Waals surface area (Å²) in [6.07, 6.45) is 0. The molecular formula is C18H15N5O7. The Balaban J connectivity index is 1.96. The third-order valence-corrected chi connectivity index (χ3v) is 4.80. The Morgan fingerprint density at radius 3 is 2.43 bits per heavy atom. The first-order chi connectivity index (χ1) is 14.0. The van der Waals surface area contributed by atoms with Gasteiger partial charge in [0.05, 0.1) is 16.4 Å². The normalized spacial score (nSPS) is 18.2. The molecule has 2 aromatic rings. The first kappa shape index (κ1) is 20.4. The van der Waals surface area contributed by atoms with E-state index in [2.05, 4.69) is 5.32 Å². The molecule has 1 heterocycles. The molecule has 12 heteroatoms. The van der Waals surface area contributed by atoms with Crippen molar-refractivity contribution < 1.29 is 24.2 Å². The average molecular weight is 413 g/mol. The number of hydrogen-bond donors (Lipinski definition) is 2. The van der Waals surface area contributed by atoms with Gasteiger partial charge < -0.3 is 11.1 Å². The molecule has 154 valence electrons. The zero-order chi connectivity index (χ0) is 22.2. The standard InChI is InChI=1S/C18H15N5O7/c1-18(12-3-2-4-13(8-12)22(27)28)16(25)21(17(26)20-18)9-11-6-5-10(15(19)24)7-14(11)23(29)30/h2-8H,9H2,1H3,(H2,19,24)(H,20,26). The molecule has 30 heavy (non-hydrogen) atoms. The van der Waals surface area contributed by atoms with Gasteiger partial charge in [0, 0.05) is 29.3 Å². The molecule has 4 amide bonds. The zero-order valence-corrected chi connectivity index (χ0v) is 15.5. The van der Waals surface area contributed by atoms with Gasteiger partial charge in [0.2, 0.25) is 5.91 Å². The molecule has 12 nitrogen and oxygen atoms in total. The van der Waals surface area contributed by atoms with Gasteiger partial charge in [0.1, 0.15) is 5.54 Å². The summed E-state index contributed by atoms with van der Waals surface area (Å²) in [6, 6.07) is 7.90. The number of nitrogens with one attached hydrogen (secondary N) is 1. The fraction of sp³-hybridized carbons (Fsp3) is 0.167. The summed E-state index contributed by atoms with van der Waals surface area (Å²) in [5, 5.41) is 24.9. The Labute approximate surface area is 168 Å². The van der Waals surface area contributed by atoms with E-state index in [9.17, 15) is 34.6 Å². The molecule has 1 fully saturated rings. The molecule has 1 unspecified atom stereocenters. The highest BCUT2D eigenvalue weighted by Crippen LogP contribution is 2.32. The molecule has 3 rings (SSSR count). The van der Waals surface area contributed by atoms with Crippen molar-refractivity contribution in [3.63, 3.8) is 0 Å². The lowest BCUT2D eigenvalue weighted by Crippen LogP contribution is -2.40. The summed E-state index contributed by atoms with van der Waals surface area (Å²) >= 11 is 0. The first-order valence-corrected chi connectivity index (χ1v) is 8.50. The zero-order valence-electron chi connectivity index (χ0n) is 15.5. The highest BCUT2D eigenvalue weighted by atomic mass is 16.6. The van der Waals surface area contributed by atoms with Crippen LogP contribution in [0.4, 0.5) is 16.2 Å². The number of nitrogens with two attached hydrogens (primary N) is 1. The number of carbonyl (C=O) groups excluding carboxylic acids is 3. The monoisotopic (exact) mass is 413 g/mol. The highest BCUT2D eigenvalue weighted by Gasteiger charge is 2.49. The molecule has 2 aromatic carbocycles. The Morgan fingerprint density at radius 1 is 1.13 bits per heavy atom. The fourth-order valence-electron chi connectivity index (χ4n) is 3.16. The Kier molecular flexibility index (Phi) is 4.92. The largest absolute Gasteiger partial charge is 0.366 e. The van der Waals surface area contributed by atoms with Crippen molar-refractivity contribution in [3.05, 3.63) is 79.4 Å². The van der Waals surface area contributed by atoms with Gasteiger partial charge in [0.25, 0.3) is 17.3 Å². The number of nitro groups is 2. The number of carbonyl (C=O) groups is 3. The van der Waals surface area contributed by atoms with Gasteiger partial charge in [-0.05, 0) is 24.6 Å². The highest BCUT2D eigenvalue weighted by molar-refractivity contribution is 6.07. The van der Waals surface area contributed by atoms with Crippen LogP contribution in [-0.4, -0.2) is 32.6 Å². The maximum atomic E-state index is 13.0. The van der Waals surface area contributed by atoms with E-state index in [1.807, 2.05) is 0 Å². The van der Waals surface area contributed by atoms with Crippen LogP contribution >= 0.6 is 0 Å². The van der Waals surface area contributed by atoms with E-state index in [1.54, 1.807) is 0 Å². The van der Waals surface area contributed by atoms with Crippen LogP contribution in [0.25, 0.3) is 0 Å². The molecular weight excluding hydrogens is 398 g/mol.